The summed E-state index contributed by atoms with van der Waals surface area (Å²) in [5.41, 5.74) is 0. The van der Waals surface area contributed by atoms with Crippen LogP contribution in [0.2, 0.25) is 0 Å². The van der Waals surface area contributed by atoms with Crippen LogP contribution in [-0.4, -0.2) is 27.8 Å². The van der Waals surface area contributed by atoms with Crippen molar-refractivity contribution >= 4 is 0 Å². The molecule has 0 unspecified atom stereocenters. The molecule has 1 aliphatic carbocycles. The first kappa shape index (κ1) is 18.0. The van der Waals surface area contributed by atoms with E-state index in [2.05, 4.69) is 24.3 Å². The molecule has 0 saturated heterocycles. The molecular formula is C28H24O4. The summed E-state index contributed by atoms with van der Waals surface area (Å²) in [5, 5.41) is 7.34. The van der Waals surface area contributed by atoms with Crippen molar-refractivity contribution in [2.24, 2.45) is 0 Å². The average Bonchev–Trinajstić information content (AvgIpc) is 2.86. The molecular weight excluding hydrogens is 400 g/mol. The summed E-state index contributed by atoms with van der Waals surface area (Å²) < 4.78 is 39.6. The summed E-state index contributed by atoms with van der Waals surface area (Å²) in [5.74, 6) is 0.755. The lowest BCUT2D eigenvalue weighted by Gasteiger charge is -2.11. The van der Waals surface area contributed by atoms with E-state index in [0.29, 0.717) is 21.9 Å². The van der Waals surface area contributed by atoms with E-state index in [1.165, 1.54) is 0 Å². The summed E-state index contributed by atoms with van der Waals surface area (Å²) in [6.07, 6.45) is 0. The van der Waals surface area contributed by atoms with E-state index in [4.69, 9.17) is 21.7 Å². The summed E-state index contributed by atoms with van der Waals surface area (Å²) in [4.78, 5) is 0. The zero-order valence-corrected chi connectivity index (χ0v) is 18.0. The molecule has 4 heteroatoms. The molecule has 0 fully saturated rings. The fourth-order valence-electron chi connectivity index (χ4n) is 4.27. The maximum absolute atomic E-state index is 8.65. The number of rotatable bonds is 6. The Morgan fingerprint density at radius 2 is 0.875 bits per heavy atom. The van der Waals surface area contributed by atoms with Gasteiger partial charge in [0.25, 0.3) is 0 Å². The number of benzene rings is 4. The number of ether oxygens (including phenoxy) is 4. The van der Waals surface area contributed by atoms with Gasteiger partial charge in [-0.3, -0.25) is 0 Å². The largest absolute Gasteiger partial charge is 0.467 e. The lowest BCUT2D eigenvalue weighted by molar-refractivity contribution is 0.0489. The van der Waals surface area contributed by atoms with Crippen LogP contribution in [0.5, 0.6) is 11.5 Å². The van der Waals surface area contributed by atoms with Crippen molar-refractivity contribution in [1.29, 1.82) is 0 Å². The number of hydrogen-bond donors (Lipinski definition) is 0. The van der Waals surface area contributed by atoms with Crippen molar-refractivity contribution < 1.29 is 21.7 Å². The van der Waals surface area contributed by atoms with Crippen LogP contribution in [0.3, 0.4) is 0 Å². The minimum atomic E-state index is -0.00920. The molecule has 32 heavy (non-hydrogen) atoms. The van der Waals surface area contributed by atoms with Gasteiger partial charge in [-0.2, -0.15) is 0 Å². The van der Waals surface area contributed by atoms with Crippen molar-refractivity contribution in [2.45, 2.75) is 0 Å². The Hall–Kier alpha value is -3.60. The SMILES string of the molecule is [2H]c1ccc2/c(c1OCOC)=c1/c(OCOC)c([2H])cc/c1=c1\cccc\c1=c1/cccc/c1=2. The lowest BCUT2D eigenvalue weighted by Crippen LogP contribution is -2.03. The Bertz CT molecular complexity index is 1640. The van der Waals surface area contributed by atoms with Gasteiger partial charge in [0.2, 0.25) is 0 Å². The molecule has 0 bridgehead atoms. The van der Waals surface area contributed by atoms with Crippen LogP contribution in [0.15, 0.2) is 84.9 Å². The molecule has 0 aliphatic heterocycles. The van der Waals surface area contributed by atoms with Crippen LogP contribution in [-0.2, 0) is 9.47 Å². The maximum atomic E-state index is 8.65. The van der Waals surface area contributed by atoms with Crippen LogP contribution in [0.4, 0.5) is 0 Å². The standard InChI is InChI=1S/C28H24O4/c1-29-17-31-25-15-7-13-23-21-11-5-3-9-19(21)20-10-4-6-12-22(20)24-14-8-16-26(32-18-30-2)28(24)27(23)25/h3-16H,17-18H2,1-2H3/b20-19-,23-21-,24-22-,28-27-/i15D,16D. The van der Waals surface area contributed by atoms with E-state index in [9.17, 15) is 0 Å². The molecule has 0 radical (unpaired) electrons. The maximum Gasteiger partial charge on any atom is 0.188 e. The zero-order valence-electron chi connectivity index (χ0n) is 20.0. The molecule has 0 saturated carbocycles. The number of methoxy groups -OCH3 is 2. The molecule has 5 rings (SSSR count). The molecule has 0 aromatic heterocycles. The van der Waals surface area contributed by atoms with Gasteiger partial charge >= 0.3 is 0 Å². The number of hydrogen-bond acceptors (Lipinski definition) is 4. The van der Waals surface area contributed by atoms with Crippen molar-refractivity contribution in [3.05, 3.63) is 127 Å². The smallest absolute Gasteiger partial charge is 0.188 e. The van der Waals surface area contributed by atoms with E-state index < -0.39 is 0 Å². The third-order valence-corrected chi connectivity index (χ3v) is 5.54. The molecule has 4 aromatic rings. The summed E-state index contributed by atoms with van der Waals surface area (Å²) in [6, 6.07) is 24.2. The van der Waals surface area contributed by atoms with Gasteiger partial charge < -0.3 is 18.9 Å². The van der Waals surface area contributed by atoms with Crippen LogP contribution in [0.25, 0.3) is 0 Å². The van der Waals surface area contributed by atoms with Crippen LogP contribution in [0.1, 0.15) is 2.74 Å². The van der Waals surface area contributed by atoms with Crippen LogP contribution in [0, 0.1) is 41.7 Å². The van der Waals surface area contributed by atoms with Gasteiger partial charge in [-0.15, -0.1) is 0 Å². The number of fused-ring (bicyclic) bond motifs is 4. The fraction of sp³-hybridized carbons (Fsp3) is 0.143. The second-order valence-corrected chi connectivity index (χ2v) is 7.38. The first-order valence-corrected chi connectivity index (χ1v) is 10.4. The van der Waals surface area contributed by atoms with E-state index in [0.717, 1.165) is 31.3 Å². The average molecular weight is 427 g/mol. The topological polar surface area (TPSA) is 36.9 Å². The van der Waals surface area contributed by atoms with Crippen LogP contribution < -0.4 is 9.47 Å². The van der Waals surface area contributed by atoms with Gasteiger partial charge in [-0.05, 0) is 43.4 Å². The first-order chi connectivity index (χ1) is 16.7. The summed E-state index contributed by atoms with van der Waals surface area (Å²) in [7, 11) is 3.09. The van der Waals surface area contributed by atoms with E-state index >= 15 is 0 Å². The van der Waals surface area contributed by atoms with Crippen molar-refractivity contribution in [1.82, 2.24) is 0 Å². The highest BCUT2D eigenvalue weighted by molar-refractivity contribution is 5.40. The van der Waals surface area contributed by atoms with Gasteiger partial charge in [0, 0.05) is 24.7 Å². The lowest BCUT2D eigenvalue weighted by atomic mass is 10.0. The second kappa shape index (κ2) is 8.87. The van der Waals surface area contributed by atoms with E-state index in [-0.39, 0.29) is 25.7 Å². The van der Waals surface area contributed by atoms with Crippen LogP contribution >= 0.6 is 0 Å². The zero-order chi connectivity index (χ0) is 23.7. The minimum Gasteiger partial charge on any atom is -0.467 e. The molecule has 160 valence electrons. The summed E-state index contributed by atoms with van der Waals surface area (Å²) >= 11 is 0. The quantitative estimate of drug-likeness (QED) is 0.354. The predicted molar refractivity (Wildman–Crippen MR) is 121 cm³/mol. The molecule has 0 N–H and O–H groups in total. The van der Waals surface area contributed by atoms with Crippen molar-refractivity contribution in [3.63, 3.8) is 0 Å². The minimum absolute atomic E-state index is 0.00920. The highest BCUT2D eigenvalue weighted by Gasteiger charge is 2.09. The second-order valence-electron chi connectivity index (χ2n) is 7.38. The summed E-state index contributed by atoms with van der Waals surface area (Å²) in [6.45, 7) is -0.0184. The van der Waals surface area contributed by atoms with Crippen molar-refractivity contribution in [2.75, 3.05) is 27.8 Å². The highest BCUT2D eigenvalue weighted by Crippen LogP contribution is 2.25. The molecule has 0 spiro atoms. The Morgan fingerprint density at radius 3 is 1.25 bits per heavy atom. The predicted octanol–water partition coefficient (Wildman–Crippen LogP) is 5.11. The molecule has 1 aliphatic rings. The van der Waals surface area contributed by atoms with E-state index in [1.54, 1.807) is 26.4 Å². The van der Waals surface area contributed by atoms with Gasteiger partial charge in [0.1, 0.15) is 11.5 Å². The van der Waals surface area contributed by atoms with Gasteiger partial charge in [-0.1, -0.05) is 72.8 Å². The molecule has 4 nitrogen and oxygen atoms in total. The molecule has 0 amide bonds. The van der Waals surface area contributed by atoms with Crippen molar-refractivity contribution in [3.8, 4) is 11.5 Å². The molecule has 4 aromatic carbocycles. The van der Waals surface area contributed by atoms with Gasteiger partial charge in [-0.25, -0.2) is 0 Å². The molecule has 0 atom stereocenters. The third-order valence-electron chi connectivity index (χ3n) is 5.54. The monoisotopic (exact) mass is 426 g/mol. The fourth-order valence-corrected chi connectivity index (χ4v) is 4.27. The third kappa shape index (κ3) is 3.44. The Balaban J connectivity index is 2.30. The molecule has 0 heterocycles. The van der Waals surface area contributed by atoms with Gasteiger partial charge in [0.05, 0.1) is 2.74 Å². The Kier molecular flexibility index (Phi) is 4.99. The highest BCUT2D eigenvalue weighted by atomic mass is 16.7. The van der Waals surface area contributed by atoms with E-state index in [1.807, 2.05) is 36.4 Å². The Morgan fingerprint density at radius 1 is 0.531 bits per heavy atom. The first-order valence-electron chi connectivity index (χ1n) is 11.4. The normalized spacial score (nSPS) is 16.7. The Labute approximate surface area is 188 Å². The van der Waals surface area contributed by atoms with Gasteiger partial charge in [0.15, 0.2) is 13.6 Å².